The summed E-state index contributed by atoms with van der Waals surface area (Å²) in [5.74, 6) is 0.698. The van der Waals surface area contributed by atoms with Crippen molar-refractivity contribution in [2.45, 2.75) is 0 Å². The van der Waals surface area contributed by atoms with Crippen LogP contribution in [0.3, 0.4) is 0 Å². The third kappa shape index (κ3) is 3.93. The zero-order valence-corrected chi connectivity index (χ0v) is 17.4. The van der Waals surface area contributed by atoms with Gasteiger partial charge in [-0.2, -0.15) is 0 Å². The van der Waals surface area contributed by atoms with E-state index < -0.39 is 0 Å². The van der Waals surface area contributed by atoms with Gasteiger partial charge in [0.2, 0.25) is 5.89 Å². The van der Waals surface area contributed by atoms with Crippen LogP contribution in [0.25, 0.3) is 33.9 Å². The smallest absolute Gasteiger partial charge is 0.291 e. The van der Waals surface area contributed by atoms with Gasteiger partial charge >= 0.3 is 0 Å². The molecule has 152 valence electrons. The van der Waals surface area contributed by atoms with Gasteiger partial charge in [-0.25, -0.2) is 4.98 Å². The van der Waals surface area contributed by atoms with E-state index in [1.807, 2.05) is 36.4 Å². The van der Waals surface area contributed by atoms with Crippen molar-refractivity contribution in [2.75, 3.05) is 5.32 Å². The van der Waals surface area contributed by atoms with E-state index in [1.165, 1.54) is 0 Å². The van der Waals surface area contributed by atoms with Crippen molar-refractivity contribution < 1.29 is 13.6 Å². The fraction of sp³-hybridized carbons (Fsp3) is 0. The van der Waals surface area contributed by atoms with E-state index in [0.717, 1.165) is 11.1 Å². The van der Waals surface area contributed by atoms with Crippen LogP contribution in [0.1, 0.15) is 10.6 Å². The van der Waals surface area contributed by atoms with Crippen molar-refractivity contribution in [1.29, 1.82) is 0 Å². The number of furan rings is 1. The summed E-state index contributed by atoms with van der Waals surface area (Å²) in [4.78, 5) is 17.2. The Morgan fingerprint density at radius 2 is 1.74 bits per heavy atom. The Morgan fingerprint density at radius 3 is 2.61 bits per heavy atom. The van der Waals surface area contributed by atoms with E-state index in [9.17, 15) is 4.79 Å². The van der Waals surface area contributed by atoms with Crippen LogP contribution in [-0.4, -0.2) is 10.9 Å². The molecule has 5 rings (SSSR count). The summed E-state index contributed by atoms with van der Waals surface area (Å²) in [6.07, 6.45) is 0. The monoisotopic (exact) mass is 448 g/mol. The van der Waals surface area contributed by atoms with E-state index in [-0.39, 0.29) is 11.7 Å². The van der Waals surface area contributed by atoms with Crippen LogP contribution in [0.5, 0.6) is 0 Å². The standard InChI is InChI=1S/C24H14Cl2N2O3/c25-15-8-9-18(26)17(13-15)20-10-11-22(30-20)23(29)27-16-5-3-4-14(12-16)24-28-19-6-1-2-7-21(19)31-24/h1-13H,(H,27,29). The average molecular weight is 449 g/mol. The first-order valence-electron chi connectivity index (χ1n) is 9.39. The second-order valence-corrected chi connectivity index (χ2v) is 7.65. The number of oxazole rings is 1. The Labute approximate surface area is 187 Å². The minimum atomic E-state index is -0.390. The van der Waals surface area contributed by atoms with Gasteiger partial charge in [0.25, 0.3) is 5.91 Å². The molecular weight excluding hydrogens is 435 g/mol. The fourth-order valence-corrected chi connectivity index (χ4v) is 3.59. The van der Waals surface area contributed by atoms with E-state index in [0.29, 0.717) is 38.5 Å². The van der Waals surface area contributed by atoms with Crippen LogP contribution < -0.4 is 5.32 Å². The number of hydrogen-bond donors (Lipinski definition) is 1. The lowest BCUT2D eigenvalue weighted by Crippen LogP contribution is -2.10. The Bertz CT molecular complexity index is 1390. The molecule has 0 saturated heterocycles. The predicted molar refractivity (Wildman–Crippen MR) is 122 cm³/mol. The summed E-state index contributed by atoms with van der Waals surface area (Å²) in [7, 11) is 0. The number of hydrogen-bond acceptors (Lipinski definition) is 4. The number of nitrogens with zero attached hydrogens (tertiary/aromatic N) is 1. The maximum absolute atomic E-state index is 12.7. The number of anilines is 1. The third-order valence-electron chi connectivity index (χ3n) is 4.68. The number of fused-ring (bicyclic) bond motifs is 1. The van der Waals surface area contributed by atoms with Gasteiger partial charge in [-0.3, -0.25) is 4.79 Å². The lowest BCUT2D eigenvalue weighted by Gasteiger charge is -2.05. The van der Waals surface area contributed by atoms with Crippen LogP contribution in [-0.2, 0) is 0 Å². The van der Waals surface area contributed by atoms with Crippen molar-refractivity contribution in [3.8, 4) is 22.8 Å². The van der Waals surface area contributed by atoms with Gasteiger partial charge in [0, 0.05) is 21.8 Å². The Balaban J connectivity index is 1.38. The van der Waals surface area contributed by atoms with Crippen LogP contribution in [0.2, 0.25) is 10.0 Å². The molecule has 0 saturated carbocycles. The SMILES string of the molecule is O=C(Nc1cccc(-c2nc3ccccc3o2)c1)c1ccc(-c2cc(Cl)ccc2Cl)o1. The van der Waals surface area contributed by atoms with Crippen LogP contribution in [0.4, 0.5) is 5.69 Å². The summed E-state index contributed by atoms with van der Waals surface area (Å²) in [6.45, 7) is 0. The summed E-state index contributed by atoms with van der Waals surface area (Å²) in [5.41, 5.74) is 3.43. The molecule has 3 aromatic carbocycles. The lowest BCUT2D eigenvalue weighted by molar-refractivity contribution is 0.0997. The van der Waals surface area contributed by atoms with Gasteiger partial charge in [-0.15, -0.1) is 0 Å². The van der Waals surface area contributed by atoms with Crippen molar-refractivity contribution >= 4 is 45.9 Å². The molecule has 5 nitrogen and oxygen atoms in total. The van der Waals surface area contributed by atoms with Crippen molar-refractivity contribution in [3.05, 3.63) is 94.7 Å². The van der Waals surface area contributed by atoms with Gasteiger partial charge in [0.05, 0.1) is 5.02 Å². The number of benzene rings is 3. The molecule has 1 amide bonds. The molecule has 0 unspecified atom stereocenters. The first kappa shape index (κ1) is 19.4. The second-order valence-electron chi connectivity index (χ2n) is 6.81. The summed E-state index contributed by atoms with van der Waals surface area (Å²) in [6, 6.07) is 23.1. The lowest BCUT2D eigenvalue weighted by atomic mass is 10.2. The Morgan fingerprint density at radius 1 is 0.871 bits per heavy atom. The summed E-state index contributed by atoms with van der Waals surface area (Å²) in [5, 5.41) is 3.84. The zero-order chi connectivity index (χ0) is 21.4. The number of amides is 1. The molecule has 0 aliphatic rings. The molecule has 0 spiro atoms. The molecule has 1 N–H and O–H groups in total. The van der Waals surface area contributed by atoms with Gasteiger partial charge in [0.15, 0.2) is 11.3 Å². The Hall–Kier alpha value is -3.54. The van der Waals surface area contributed by atoms with Crippen molar-refractivity contribution in [1.82, 2.24) is 4.98 Å². The fourth-order valence-electron chi connectivity index (χ4n) is 3.21. The highest BCUT2D eigenvalue weighted by molar-refractivity contribution is 6.35. The van der Waals surface area contributed by atoms with E-state index >= 15 is 0 Å². The van der Waals surface area contributed by atoms with Gasteiger partial charge in [0.1, 0.15) is 11.3 Å². The molecule has 0 bridgehead atoms. The largest absolute Gasteiger partial charge is 0.451 e. The molecule has 2 aromatic heterocycles. The van der Waals surface area contributed by atoms with E-state index in [2.05, 4.69) is 10.3 Å². The number of para-hydroxylation sites is 2. The highest BCUT2D eigenvalue weighted by Crippen LogP contribution is 2.32. The van der Waals surface area contributed by atoms with Crippen molar-refractivity contribution in [3.63, 3.8) is 0 Å². The van der Waals surface area contributed by atoms with Crippen LogP contribution in [0.15, 0.2) is 87.7 Å². The number of nitrogens with one attached hydrogen (secondary N) is 1. The first-order valence-corrected chi connectivity index (χ1v) is 10.1. The minimum Gasteiger partial charge on any atom is -0.451 e. The third-order valence-corrected chi connectivity index (χ3v) is 5.25. The molecular formula is C24H14Cl2N2O3. The zero-order valence-electron chi connectivity index (χ0n) is 15.9. The second kappa shape index (κ2) is 7.95. The average Bonchev–Trinajstić information content (AvgIpc) is 3.43. The number of carbonyl (C=O) groups excluding carboxylic acids is 1. The van der Waals surface area contributed by atoms with E-state index in [4.69, 9.17) is 32.0 Å². The maximum Gasteiger partial charge on any atom is 0.291 e. The normalized spacial score (nSPS) is 11.0. The number of carbonyl (C=O) groups is 1. The molecule has 0 aliphatic carbocycles. The number of aromatic nitrogens is 1. The summed E-state index contributed by atoms with van der Waals surface area (Å²) < 4.78 is 11.5. The highest BCUT2D eigenvalue weighted by atomic mass is 35.5. The van der Waals surface area contributed by atoms with Crippen LogP contribution in [0, 0.1) is 0 Å². The topological polar surface area (TPSA) is 68.3 Å². The molecule has 0 fully saturated rings. The highest BCUT2D eigenvalue weighted by Gasteiger charge is 2.15. The predicted octanol–water partition coefficient (Wildman–Crippen LogP) is 7.31. The minimum absolute atomic E-state index is 0.151. The molecule has 0 radical (unpaired) electrons. The van der Waals surface area contributed by atoms with Crippen LogP contribution >= 0.6 is 23.2 Å². The first-order chi connectivity index (χ1) is 15.1. The summed E-state index contributed by atoms with van der Waals surface area (Å²) >= 11 is 12.3. The Kier molecular flexibility index (Phi) is 4.98. The van der Waals surface area contributed by atoms with E-state index in [1.54, 1.807) is 42.5 Å². The quantitative estimate of drug-likeness (QED) is 0.312. The molecule has 0 aliphatic heterocycles. The molecule has 31 heavy (non-hydrogen) atoms. The number of rotatable bonds is 4. The molecule has 5 aromatic rings. The molecule has 7 heteroatoms. The maximum atomic E-state index is 12.7. The van der Waals surface area contributed by atoms with Crippen molar-refractivity contribution in [2.24, 2.45) is 0 Å². The van der Waals surface area contributed by atoms with Gasteiger partial charge < -0.3 is 14.2 Å². The van der Waals surface area contributed by atoms with Gasteiger partial charge in [-0.1, -0.05) is 41.4 Å². The van der Waals surface area contributed by atoms with Gasteiger partial charge in [-0.05, 0) is 60.7 Å². The number of halogens is 2. The molecule has 2 heterocycles. The molecule has 0 atom stereocenters.